The lowest BCUT2D eigenvalue weighted by atomic mass is 9.91. The lowest BCUT2D eigenvalue weighted by Gasteiger charge is -2.33. The van der Waals surface area contributed by atoms with E-state index in [4.69, 9.17) is 4.74 Å². The predicted octanol–water partition coefficient (Wildman–Crippen LogP) is 4.24. The SMILES string of the molecule is CC(C)C(C)(O)CO[C@H]1CC[C@H](NC(=O)c2cc(I)cc3cc[nH]c23)CC1. The number of hydrogen-bond donors (Lipinski definition) is 3. The minimum atomic E-state index is -0.795. The van der Waals surface area contributed by atoms with E-state index in [-0.39, 0.29) is 24.0 Å². The van der Waals surface area contributed by atoms with Crippen molar-refractivity contribution in [2.75, 3.05) is 6.61 Å². The molecule has 1 amide bonds. The summed E-state index contributed by atoms with van der Waals surface area (Å²) in [5.74, 6) is 0.139. The highest BCUT2D eigenvalue weighted by Crippen LogP contribution is 2.26. The highest BCUT2D eigenvalue weighted by Gasteiger charge is 2.29. The molecule has 0 radical (unpaired) electrons. The van der Waals surface area contributed by atoms with Crippen molar-refractivity contribution in [2.24, 2.45) is 5.92 Å². The fourth-order valence-corrected chi connectivity index (χ4v) is 4.05. The predicted molar refractivity (Wildman–Crippen MR) is 116 cm³/mol. The number of aliphatic hydroxyl groups is 1. The van der Waals surface area contributed by atoms with E-state index in [1.165, 1.54) is 0 Å². The zero-order chi connectivity index (χ0) is 19.6. The molecule has 1 fully saturated rings. The summed E-state index contributed by atoms with van der Waals surface area (Å²) in [5.41, 5.74) is 0.797. The molecule has 0 spiro atoms. The van der Waals surface area contributed by atoms with Gasteiger partial charge in [0, 0.05) is 21.2 Å². The minimum Gasteiger partial charge on any atom is -0.388 e. The van der Waals surface area contributed by atoms with Crippen LogP contribution in [0.4, 0.5) is 0 Å². The number of nitrogens with one attached hydrogen (secondary N) is 2. The van der Waals surface area contributed by atoms with Crippen molar-refractivity contribution in [1.82, 2.24) is 10.3 Å². The van der Waals surface area contributed by atoms with E-state index in [1.807, 2.05) is 39.1 Å². The van der Waals surface area contributed by atoms with Crippen molar-refractivity contribution in [2.45, 2.75) is 64.2 Å². The fourth-order valence-electron chi connectivity index (χ4n) is 3.40. The topological polar surface area (TPSA) is 74.3 Å². The van der Waals surface area contributed by atoms with E-state index in [0.717, 1.165) is 40.2 Å². The summed E-state index contributed by atoms with van der Waals surface area (Å²) in [6.45, 7) is 6.19. The van der Waals surface area contributed by atoms with Gasteiger partial charge < -0.3 is 20.1 Å². The molecule has 3 rings (SSSR count). The molecule has 0 bridgehead atoms. The number of rotatable bonds is 6. The number of carbonyl (C=O) groups is 1. The maximum Gasteiger partial charge on any atom is 0.253 e. The highest BCUT2D eigenvalue weighted by molar-refractivity contribution is 14.1. The Bertz CT molecular complexity index is 792. The summed E-state index contributed by atoms with van der Waals surface area (Å²) < 4.78 is 7.00. The Morgan fingerprint density at radius 1 is 1.37 bits per heavy atom. The van der Waals surface area contributed by atoms with Crippen LogP contribution in [0.5, 0.6) is 0 Å². The molecule has 0 aliphatic heterocycles. The van der Waals surface area contributed by atoms with Gasteiger partial charge >= 0.3 is 0 Å². The van der Waals surface area contributed by atoms with Gasteiger partial charge in [0.05, 0.1) is 29.4 Å². The molecule has 1 atom stereocenters. The van der Waals surface area contributed by atoms with Crippen molar-refractivity contribution >= 4 is 39.4 Å². The van der Waals surface area contributed by atoms with E-state index >= 15 is 0 Å². The van der Waals surface area contributed by atoms with Gasteiger partial charge in [-0.15, -0.1) is 0 Å². The Morgan fingerprint density at radius 3 is 2.74 bits per heavy atom. The lowest BCUT2D eigenvalue weighted by Crippen LogP contribution is -2.42. The summed E-state index contributed by atoms with van der Waals surface area (Å²) >= 11 is 2.25. The number of fused-ring (bicyclic) bond motifs is 1. The zero-order valence-electron chi connectivity index (χ0n) is 16.2. The van der Waals surface area contributed by atoms with Gasteiger partial charge in [-0.2, -0.15) is 0 Å². The molecular weight excluding hydrogens is 455 g/mol. The van der Waals surface area contributed by atoms with Crippen LogP contribution in [0.1, 0.15) is 56.8 Å². The van der Waals surface area contributed by atoms with E-state index in [0.29, 0.717) is 12.2 Å². The Balaban J connectivity index is 1.53. The number of aromatic amines is 1. The third-order valence-electron chi connectivity index (χ3n) is 5.73. The maximum absolute atomic E-state index is 12.8. The fraction of sp³-hybridized carbons (Fsp3) is 0.571. The Kier molecular flexibility index (Phi) is 6.48. The third kappa shape index (κ3) is 5.03. The molecule has 0 saturated heterocycles. The number of benzene rings is 1. The molecule has 27 heavy (non-hydrogen) atoms. The van der Waals surface area contributed by atoms with Crippen molar-refractivity contribution in [3.63, 3.8) is 0 Å². The first-order valence-corrected chi connectivity index (χ1v) is 10.8. The first-order valence-electron chi connectivity index (χ1n) is 9.68. The molecule has 1 heterocycles. The highest BCUT2D eigenvalue weighted by atomic mass is 127. The molecule has 1 unspecified atom stereocenters. The molecule has 148 valence electrons. The van der Waals surface area contributed by atoms with Crippen LogP contribution in [0, 0.1) is 9.49 Å². The quantitative estimate of drug-likeness (QED) is 0.538. The summed E-state index contributed by atoms with van der Waals surface area (Å²) in [7, 11) is 0. The number of aromatic nitrogens is 1. The summed E-state index contributed by atoms with van der Waals surface area (Å²) in [6.07, 6.45) is 5.64. The van der Waals surface area contributed by atoms with E-state index in [1.54, 1.807) is 0 Å². The molecule has 3 N–H and O–H groups in total. The van der Waals surface area contributed by atoms with Gasteiger partial charge in [0.15, 0.2) is 0 Å². The molecule has 6 heteroatoms. The summed E-state index contributed by atoms with van der Waals surface area (Å²) in [4.78, 5) is 16.0. The minimum absolute atomic E-state index is 0.0203. The van der Waals surface area contributed by atoms with Gasteiger partial charge in [0.1, 0.15) is 0 Å². The van der Waals surface area contributed by atoms with Crippen LogP contribution in [-0.2, 0) is 4.74 Å². The number of carbonyl (C=O) groups excluding carboxylic acids is 1. The van der Waals surface area contributed by atoms with Gasteiger partial charge in [0.2, 0.25) is 0 Å². The maximum atomic E-state index is 12.8. The third-order valence-corrected chi connectivity index (χ3v) is 6.36. The molecule has 5 nitrogen and oxygen atoms in total. The first kappa shape index (κ1) is 20.6. The number of hydrogen-bond acceptors (Lipinski definition) is 3. The lowest BCUT2D eigenvalue weighted by molar-refractivity contribution is -0.0941. The van der Waals surface area contributed by atoms with Gasteiger partial charge in [-0.1, -0.05) is 13.8 Å². The number of halogens is 1. The second kappa shape index (κ2) is 8.49. The van der Waals surface area contributed by atoms with Crippen molar-refractivity contribution in [3.05, 3.63) is 33.5 Å². The van der Waals surface area contributed by atoms with Crippen molar-refractivity contribution in [3.8, 4) is 0 Å². The molecule has 2 aromatic rings. The molecule has 1 aromatic heterocycles. The van der Waals surface area contributed by atoms with Crippen LogP contribution < -0.4 is 5.32 Å². The van der Waals surface area contributed by atoms with E-state index in [9.17, 15) is 9.90 Å². The average Bonchev–Trinajstić information content (AvgIpc) is 3.08. The molecular formula is C21H29IN2O3. The van der Waals surface area contributed by atoms with Crippen LogP contribution in [0.3, 0.4) is 0 Å². The van der Waals surface area contributed by atoms with Crippen LogP contribution in [-0.4, -0.2) is 40.4 Å². The summed E-state index contributed by atoms with van der Waals surface area (Å²) in [5, 5.41) is 14.6. The van der Waals surface area contributed by atoms with Gasteiger partial charge in [-0.05, 0) is 79.3 Å². The molecule has 1 aliphatic carbocycles. The average molecular weight is 484 g/mol. The van der Waals surface area contributed by atoms with Crippen LogP contribution >= 0.6 is 22.6 Å². The zero-order valence-corrected chi connectivity index (χ0v) is 18.4. The monoisotopic (exact) mass is 484 g/mol. The number of H-pyrrole nitrogens is 1. The standard InChI is InChI=1S/C21H29IN2O3/c1-13(2)21(3,26)12-27-17-6-4-16(5-7-17)24-20(25)18-11-15(22)10-14-8-9-23-19(14)18/h8-11,13,16-17,23,26H,4-7,12H2,1-3H3,(H,24,25)/t16-,17-,21?. The molecule has 1 aromatic carbocycles. The Labute approximate surface area is 174 Å². The van der Waals surface area contributed by atoms with Crippen molar-refractivity contribution < 1.29 is 14.6 Å². The number of amides is 1. The molecule has 1 aliphatic rings. The second-order valence-corrected chi connectivity index (χ2v) is 9.41. The van der Waals surface area contributed by atoms with Crippen LogP contribution in [0.2, 0.25) is 0 Å². The smallest absolute Gasteiger partial charge is 0.253 e. The van der Waals surface area contributed by atoms with E-state index < -0.39 is 5.60 Å². The van der Waals surface area contributed by atoms with Crippen LogP contribution in [0.25, 0.3) is 10.9 Å². The molecule has 1 saturated carbocycles. The Morgan fingerprint density at radius 2 is 2.07 bits per heavy atom. The Hall–Kier alpha value is -1.12. The summed E-state index contributed by atoms with van der Waals surface area (Å²) in [6, 6.07) is 6.16. The normalized spacial score (nSPS) is 22.7. The largest absolute Gasteiger partial charge is 0.388 e. The van der Waals surface area contributed by atoms with Gasteiger partial charge in [-0.25, -0.2) is 0 Å². The van der Waals surface area contributed by atoms with Crippen molar-refractivity contribution in [1.29, 1.82) is 0 Å². The van der Waals surface area contributed by atoms with Gasteiger partial charge in [-0.3, -0.25) is 4.79 Å². The first-order chi connectivity index (χ1) is 12.8. The van der Waals surface area contributed by atoms with Crippen LogP contribution in [0.15, 0.2) is 24.4 Å². The second-order valence-electron chi connectivity index (χ2n) is 8.17. The van der Waals surface area contributed by atoms with Gasteiger partial charge in [0.25, 0.3) is 5.91 Å². The van der Waals surface area contributed by atoms with E-state index in [2.05, 4.69) is 39.0 Å². The number of ether oxygens (including phenoxy) is 1.